The standard InChI is InChI=1S/C10H18O/c1-7-3-4-11-6-10(7)9-5-8(9)2/h7-10H,3-6H2,1-2H3/t7-,8+,9?,10+/m0/s1. The summed E-state index contributed by atoms with van der Waals surface area (Å²) in [7, 11) is 0. The van der Waals surface area contributed by atoms with Crippen LogP contribution in [0.4, 0.5) is 0 Å². The molecule has 1 saturated carbocycles. The Morgan fingerprint density at radius 1 is 1.09 bits per heavy atom. The summed E-state index contributed by atoms with van der Waals surface area (Å²) in [6, 6.07) is 0. The number of ether oxygens (including phenoxy) is 1. The van der Waals surface area contributed by atoms with Crippen LogP contribution in [-0.4, -0.2) is 13.2 Å². The van der Waals surface area contributed by atoms with Gasteiger partial charge in [-0.15, -0.1) is 0 Å². The number of hydrogen-bond acceptors (Lipinski definition) is 1. The van der Waals surface area contributed by atoms with Gasteiger partial charge >= 0.3 is 0 Å². The Morgan fingerprint density at radius 3 is 2.36 bits per heavy atom. The zero-order valence-corrected chi connectivity index (χ0v) is 7.55. The Kier molecular flexibility index (Phi) is 1.92. The predicted octanol–water partition coefficient (Wildman–Crippen LogP) is 2.32. The molecular formula is C10H18O. The Bertz CT molecular complexity index is 142. The molecule has 1 aliphatic heterocycles. The van der Waals surface area contributed by atoms with Gasteiger partial charge in [0, 0.05) is 13.2 Å². The van der Waals surface area contributed by atoms with E-state index in [1.54, 1.807) is 0 Å². The van der Waals surface area contributed by atoms with E-state index in [9.17, 15) is 0 Å². The molecule has 2 rings (SSSR count). The zero-order chi connectivity index (χ0) is 7.84. The molecule has 0 bridgehead atoms. The molecule has 2 aliphatic rings. The van der Waals surface area contributed by atoms with E-state index in [1.807, 2.05) is 0 Å². The third-order valence-corrected chi connectivity index (χ3v) is 3.48. The van der Waals surface area contributed by atoms with Crippen LogP contribution in [0.15, 0.2) is 0 Å². The minimum absolute atomic E-state index is 0.888. The van der Waals surface area contributed by atoms with Gasteiger partial charge in [0.25, 0.3) is 0 Å². The van der Waals surface area contributed by atoms with E-state index < -0.39 is 0 Å². The quantitative estimate of drug-likeness (QED) is 0.563. The van der Waals surface area contributed by atoms with E-state index in [-0.39, 0.29) is 0 Å². The van der Waals surface area contributed by atoms with Crippen molar-refractivity contribution < 1.29 is 4.74 Å². The summed E-state index contributed by atoms with van der Waals surface area (Å²) in [5, 5.41) is 0. The van der Waals surface area contributed by atoms with Gasteiger partial charge in [0.1, 0.15) is 0 Å². The Labute approximate surface area is 69.1 Å². The summed E-state index contributed by atoms with van der Waals surface area (Å²) in [6.45, 7) is 6.79. The highest BCUT2D eigenvalue weighted by atomic mass is 16.5. The lowest BCUT2D eigenvalue weighted by Gasteiger charge is -2.29. The van der Waals surface area contributed by atoms with Gasteiger partial charge < -0.3 is 4.74 Å². The summed E-state index contributed by atoms with van der Waals surface area (Å²) < 4.78 is 5.50. The molecule has 11 heavy (non-hydrogen) atoms. The third-order valence-electron chi connectivity index (χ3n) is 3.48. The predicted molar refractivity (Wildman–Crippen MR) is 45.4 cm³/mol. The van der Waals surface area contributed by atoms with Crippen LogP contribution >= 0.6 is 0 Å². The van der Waals surface area contributed by atoms with Gasteiger partial charge in [-0.1, -0.05) is 13.8 Å². The third kappa shape index (κ3) is 1.44. The zero-order valence-electron chi connectivity index (χ0n) is 7.55. The maximum absolute atomic E-state index is 5.50. The highest BCUT2D eigenvalue weighted by molar-refractivity contribution is 4.91. The fourth-order valence-electron chi connectivity index (χ4n) is 2.36. The monoisotopic (exact) mass is 154 g/mol. The molecule has 1 nitrogen and oxygen atoms in total. The summed E-state index contributed by atoms with van der Waals surface area (Å²) in [6.07, 6.45) is 2.74. The van der Waals surface area contributed by atoms with Crippen molar-refractivity contribution in [3.05, 3.63) is 0 Å². The molecule has 2 fully saturated rings. The van der Waals surface area contributed by atoms with Gasteiger partial charge in [0.15, 0.2) is 0 Å². The maximum Gasteiger partial charge on any atom is 0.0499 e. The molecule has 4 atom stereocenters. The van der Waals surface area contributed by atoms with E-state index in [0.29, 0.717) is 0 Å². The molecule has 0 aromatic heterocycles. The van der Waals surface area contributed by atoms with Crippen LogP contribution in [0.1, 0.15) is 26.7 Å². The van der Waals surface area contributed by atoms with Crippen molar-refractivity contribution in [2.75, 3.05) is 13.2 Å². The first-order chi connectivity index (χ1) is 5.29. The number of rotatable bonds is 1. The van der Waals surface area contributed by atoms with Gasteiger partial charge in [-0.3, -0.25) is 0 Å². The van der Waals surface area contributed by atoms with Crippen LogP contribution in [-0.2, 0) is 4.74 Å². The van der Waals surface area contributed by atoms with E-state index in [0.717, 1.165) is 36.9 Å². The van der Waals surface area contributed by atoms with Crippen LogP contribution in [0, 0.1) is 23.7 Å². The SMILES string of the molecule is C[C@@H]1CC1[C@@H]1COCC[C@@H]1C. The van der Waals surface area contributed by atoms with Crippen molar-refractivity contribution >= 4 is 0 Å². The number of hydrogen-bond donors (Lipinski definition) is 0. The van der Waals surface area contributed by atoms with Crippen LogP contribution in [0.3, 0.4) is 0 Å². The fourth-order valence-corrected chi connectivity index (χ4v) is 2.36. The summed E-state index contributed by atoms with van der Waals surface area (Å²) in [5.41, 5.74) is 0. The van der Waals surface area contributed by atoms with E-state index in [4.69, 9.17) is 4.74 Å². The molecule has 1 aliphatic carbocycles. The molecule has 0 spiro atoms. The second-order valence-electron chi connectivity index (χ2n) is 4.38. The largest absolute Gasteiger partial charge is 0.381 e. The van der Waals surface area contributed by atoms with Crippen molar-refractivity contribution in [2.45, 2.75) is 26.7 Å². The molecule has 0 radical (unpaired) electrons. The van der Waals surface area contributed by atoms with E-state index in [1.165, 1.54) is 12.8 Å². The van der Waals surface area contributed by atoms with Crippen molar-refractivity contribution in [3.8, 4) is 0 Å². The molecule has 1 saturated heterocycles. The maximum atomic E-state index is 5.50. The van der Waals surface area contributed by atoms with Crippen LogP contribution in [0.2, 0.25) is 0 Å². The minimum Gasteiger partial charge on any atom is -0.381 e. The normalized spacial score (nSPS) is 50.7. The highest BCUT2D eigenvalue weighted by Crippen LogP contribution is 2.48. The lowest BCUT2D eigenvalue weighted by molar-refractivity contribution is 0.0118. The van der Waals surface area contributed by atoms with Gasteiger partial charge in [0.05, 0.1) is 0 Å². The van der Waals surface area contributed by atoms with Crippen molar-refractivity contribution in [1.29, 1.82) is 0 Å². The van der Waals surface area contributed by atoms with Gasteiger partial charge in [-0.2, -0.15) is 0 Å². The Morgan fingerprint density at radius 2 is 1.82 bits per heavy atom. The van der Waals surface area contributed by atoms with Gasteiger partial charge in [-0.25, -0.2) is 0 Å². The first kappa shape index (κ1) is 7.60. The van der Waals surface area contributed by atoms with Crippen molar-refractivity contribution in [1.82, 2.24) is 0 Å². The summed E-state index contributed by atoms with van der Waals surface area (Å²) in [4.78, 5) is 0. The van der Waals surface area contributed by atoms with Crippen LogP contribution in [0.5, 0.6) is 0 Å². The van der Waals surface area contributed by atoms with E-state index in [2.05, 4.69) is 13.8 Å². The smallest absolute Gasteiger partial charge is 0.0499 e. The second kappa shape index (κ2) is 2.78. The lowest BCUT2D eigenvalue weighted by Crippen LogP contribution is -2.27. The highest BCUT2D eigenvalue weighted by Gasteiger charge is 2.42. The Balaban J connectivity index is 1.90. The van der Waals surface area contributed by atoms with Crippen LogP contribution < -0.4 is 0 Å². The van der Waals surface area contributed by atoms with Crippen molar-refractivity contribution in [3.63, 3.8) is 0 Å². The molecule has 1 heteroatoms. The summed E-state index contributed by atoms with van der Waals surface area (Å²) >= 11 is 0. The summed E-state index contributed by atoms with van der Waals surface area (Å²) in [5.74, 6) is 3.80. The first-order valence-electron chi connectivity index (χ1n) is 4.87. The second-order valence-corrected chi connectivity index (χ2v) is 4.38. The molecular weight excluding hydrogens is 136 g/mol. The lowest BCUT2D eigenvalue weighted by atomic mass is 9.86. The molecule has 0 amide bonds. The minimum atomic E-state index is 0.888. The molecule has 0 N–H and O–H groups in total. The topological polar surface area (TPSA) is 9.23 Å². The molecule has 0 aromatic carbocycles. The van der Waals surface area contributed by atoms with E-state index >= 15 is 0 Å². The average molecular weight is 154 g/mol. The Hall–Kier alpha value is -0.0400. The molecule has 1 unspecified atom stereocenters. The van der Waals surface area contributed by atoms with Crippen LogP contribution in [0.25, 0.3) is 0 Å². The fraction of sp³-hybridized carbons (Fsp3) is 1.00. The molecule has 1 heterocycles. The van der Waals surface area contributed by atoms with Crippen molar-refractivity contribution in [2.24, 2.45) is 23.7 Å². The first-order valence-corrected chi connectivity index (χ1v) is 4.87. The average Bonchev–Trinajstić information content (AvgIpc) is 2.68. The molecule has 64 valence electrons. The van der Waals surface area contributed by atoms with Gasteiger partial charge in [-0.05, 0) is 36.5 Å². The van der Waals surface area contributed by atoms with Gasteiger partial charge in [0.2, 0.25) is 0 Å². The molecule has 0 aromatic rings.